The second-order valence-corrected chi connectivity index (χ2v) is 12.2. The molecule has 2 heterocycles. The molecule has 1 aliphatic heterocycles. The Bertz CT molecular complexity index is 1160. The summed E-state index contributed by atoms with van der Waals surface area (Å²) >= 11 is 6.07. The van der Waals surface area contributed by atoms with Gasteiger partial charge in [-0.05, 0) is 42.8 Å². The third kappa shape index (κ3) is 9.09. The van der Waals surface area contributed by atoms with Gasteiger partial charge in [-0.3, -0.25) is 4.79 Å². The number of anilines is 1. The SMILES string of the molecule is CCCCCCCCCCCCCCCCCCn1c(C2CC(=O)N(c3ccc(Cl)cc3)C2)nc2ccccc21. The Morgan fingerprint density at radius 2 is 1.30 bits per heavy atom. The summed E-state index contributed by atoms with van der Waals surface area (Å²) in [4.78, 5) is 19.9. The first-order chi connectivity index (χ1) is 19.7. The van der Waals surface area contributed by atoms with E-state index in [1.165, 1.54) is 102 Å². The van der Waals surface area contributed by atoms with Crippen molar-refractivity contribution in [1.29, 1.82) is 0 Å². The average molecular weight is 564 g/mol. The molecule has 4 nitrogen and oxygen atoms in total. The van der Waals surface area contributed by atoms with E-state index in [0.29, 0.717) is 18.0 Å². The highest BCUT2D eigenvalue weighted by Gasteiger charge is 2.34. The van der Waals surface area contributed by atoms with Crippen LogP contribution in [0.15, 0.2) is 48.5 Å². The summed E-state index contributed by atoms with van der Waals surface area (Å²) in [7, 11) is 0. The highest BCUT2D eigenvalue weighted by molar-refractivity contribution is 6.30. The summed E-state index contributed by atoms with van der Waals surface area (Å²) in [5.74, 6) is 1.33. The number of fused-ring (bicyclic) bond motifs is 1. The molecule has 218 valence electrons. The molecule has 1 aromatic heterocycles. The Balaban J connectivity index is 1.16. The number of rotatable bonds is 19. The molecule has 0 radical (unpaired) electrons. The van der Waals surface area contributed by atoms with E-state index in [2.05, 4.69) is 35.8 Å². The summed E-state index contributed by atoms with van der Waals surface area (Å²) in [5, 5.41) is 0.688. The lowest BCUT2D eigenvalue weighted by Crippen LogP contribution is -2.24. The number of para-hydroxylation sites is 2. The second-order valence-electron chi connectivity index (χ2n) is 11.8. The van der Waals surface area contributed by atoms with E-state index >= 15 is 0 Å². The summed E-state index contributed by atoms with van der Waals surface area (Å²) < 4.78 is 2.39. The van der Waals surface area contributed by atoms with Crippen LogP contribution in [0.2, 0.25) is 5.02 Å². The standard InChI is InChI=1S/C35H50ClN3O/c1-2-3-4-5-6-7-8-9-10-11-12-13-14-15-16-19-26-38-33-21-18-17-20-32(33)37-35(38)29-27-34(40)39(28-29)31-24-22-30(36)23-25-31/h17-18,20-25,29H,2-16,19,26-28H2,1H3. The van der Waals surface area contributed by atoms with Crippen molar-refractivity contribution in [2.45, 2.75) is 129 Å². The molecule has 5 heteroatoms. The maximum absolute atomic E-state index is 12.9. The van der Waals surface area contributed by atoms with Crippen molar-refractivity contribution in [3.63, 3.8) is 0 Å². The van der Waals surface area contributed by atoms with Crippen molar-refractivity contribution in [3.05, 3.63) is 59.4 Å². The van der Waals surface area contributed by atoms with Crippen LogP contribution in [0.25, 0.3) is 11.0 Å². The number of benzene rings is 2. The molecule has 1 amide bonds. The minimum atomic E-state index is 0.108. The molecule has 0 spiro atoms. The van der Waals surface area contributed by atoms with Crippen LogP contribution in [0.3, 0.4) is 0 Å². The van der Waals surface area contributed by atoms with Gasteiger partial charge in [0.05, 0.1) is 11.0 Å². The molecule has 1 saturated heterocycles. The molecule has 0 N–H and O–H groups in total. The number of nitrogens with zero attached hydrogens (tertiary/aromatic N) is 3. The van der Waals surface area contributed by atoms with Crippen molar-refractivity contribution in [3.8, 4) is 0 Å². The Labute approximate surface area is 247 Å². The number of amides is 1. The molecular formula is C35H50ClN3O. The van der Waals surface area contributed by atoms with Crippen LogP contribution in [0.5, 0.6) is 0 Å². The maximum atomic E-state index is 12.9. The Morgan fingerprint density at radius 1 is 0.750 bits per heavy atom. The van der Waals surface area contributed by atoms with Crippen molar-refractivity contribution in [2.75, 3.05) is 11.4 Å². The molecule has 1 unspecified atom stereocenters. The fraction of sp³-hybridized carbons (Fsp3) is 0.600. The van der Waals surface area contributed by atoms with Crippen molar-refractivity contribution in [1.82, 2.24) is 9.55 Å². The molecular weight excluding hydrogens is 514 g/mol. The number of imidazole rings is 1. The number of halogens is 1. The predicted molar refractivity (Wildman–Crippen MR) is 170 cm³/mol. The fourth-order valence-corrected chi connectivity index (χ4v) is 6.34. The zero-order valence-corrected chi connectivity index (χ0v) is 25.5. The Morgan fingerprint density at radius 3 is 1.90 bits per heavy atom. The Hall–Kier alpha value is -2.33. The van der Waals surface area contributed by atoms with Gasteiger partial charge in [0.1, 0.15) is 5.82 Å². The number of carbonyl (C=O) groups is 1. The van der Waals surface area contributed by atoms with Gasteiger partial charge >= 0.3 is 0 Å². The van der Waals surface area contributed by atoms with Gasteiger partial charge in [-0.2, -0.15) is 0 Å². The smallest absolute Gasteiger partial charge is 0.227 e. The first-order valence-corrected chi connectivity index (χ1v) is 16.6. The van der Waals surface area contributed by atoms with Gasteiger partial charge in [0, 0.05) is 36.1 Å². The van der Waals surface area contributed by atoms with Crippen LogP contribution in [-0.4, -0.2) is 22.0 Å². The van der Waals surface area contributed by atoms with E-state index in [1.54, 1.807) is 0 Å². The second kappa shape index (κ2) is 16.8. The number of carbonyl (C=O) groups excluding carboxylic acids is 1. The van der Waals surface area contributed by atoms with Gasteiger partial charge < -0.3 is 9.47 Å². The summed E-state index contributed by atoms with van der Waals surface area (Å²) in [6.45, 7) is 3.93. The lowest BCUT2D eigenvalue weighted by atomic mass is 10.0. The number of aryl methyl sites for hydroxylation is 1. The topological polar surface area (TPSA) is 38.1 Å². The van der Waals surface area contributed by atoms with E-state index < -0.39 is 0 Å². The van der Waals surface area contributed by atoms with Crippen LogP contribution in [0.1, 0.15) is 128 Å². The lowest BCUT2D eigenvalue weighted by molar-refractivity contribution is -0.117. The minimum absolute atomic E-state index is 0.108. The van der Waals surface area contributed by atoms with E-state index in [1.807, 2.05) is 29.2 Å². The van der Waals surface area contributed by atoms with Crippen LogP contribution >= 0.6 is 11.6 Å². The fourth-order valence-electron chi connectivity index (χ4n) is 6.21. The molecule has 4 rings (SSSR count). The summed E-state index contributed by atoms with van der Waals surface area (Å²) in [5.41, 5.74) is 3.14. The molecule has 3 aromatic rings. The monoisotopic (exact) mass is 563 g/mol. The van der Waals surface area contributed by atoms with Gasteiger partial charge in [-0.25, -0.2) is 4.98 Å². The zero-order chi connectivity index (χ0) is 28.0. The van der Waals surface area contributed by atoms with Crippen LogP contribution in [0, 0.1) is 0 Å². The molecule has 1 atom stereocenters. The third-order valence-corrected chi connectivity index (χ3v) is 8.80. The maximum Gasteiger partial charge on any atom is 0.227 e. The first-order valence-electron chi connectivity index (χ1n) is 16.2. The number of hydrogen-bond acceptors (Lipinski definition) is 2. The van der Waals surface area contributed by atoms with Crippen molar-refractivity contribution in [2.24, 2.45) is 0 Å². The van der Waals surface area contributed by atoms with Crippen LogP contribution in [-0.2, 0) is 11.3 Å². The average Bonchev–Trinajstić information content (AvgIpc) is 3.53. The van der Waals surface area contributed by atoms with Crippen LogP contribution < -0.4 is 4.90 Å². The predicted octanol–water partition coefficient (Wildman–Crippen LogP) is 10.5. The van der Waals surface area contributed by atoms with E-state index in [9.17, 15) is 4.79 Å². The van der Waals surface area contributed by atoms with E-state index in [4.69, 9.17) is 16.6 Å². The van der Waals surface area contributed by atoms with Gasteiger partial charge in [0.2, 0.25) is 5.91 Å². The van der Waals surface area contributed by atoms with Gasteiger partial charge in [-0.15, -0.1) is 0 Å². The molecule has 0 saturated carbocycles. The summed E-state index contributed by atoms with van der Waals surface area (Å²) in [6, 6.07) is 16.0. The van der Waals surface area contributed by atoms with Crippen molar-refractivity contribution >= 4 is 34.2 Å². The third-order valence-electron chi connectivity index (χ3n) is 8.55. The highest BCUT2D eigenvalue weighted by atomic mass is 35.5. The van der Waals surface area contributed by atoms with Gasteiger partial charge in [0.25, 0.3) is 0 Å². The van der Waals surface area contributed by atoms with Crippen molar-refractivity contribution < 1.29 is 4.79 Å². The lowest BCUT2D eigenvalue weighted by Gasteiger charge is -2.17. The molecule has 1 aliphatic rings. The number of hydrogen-bond donors (Lipinski definition) is 0. The van der Waals surface area contributed by atoms with Crippen LogP contribution in [0.4, 0.5) is 5.69 Å². The minimum Gasteiger partial charge on any atom is -0.328 e. The van der Waals surface area contributed by atoms with Gasteiger partial charge in [0.15, 0.2) is 0 Å². The highest BCUT2D eigenvalue weighted by Crippen LogP contribution is 2.34. The molecule has 2 aromatic carbocycles. The molecule has 1 fully saturated rings. The molecule has 40 heavy (non-hydrogen) atoms. The summed E-state index contributed by atoms with van der Waals surface area (Å²) in [6.07, 6.45) is 22.6. The van der Waals surface area contributed by atoms with Gasteiger partial charge in [-0.1, -0.05) is 127 Å². The number of unbranched alkanes of at least 4 members (excludes halogenated alkanes) is 15. The van der Waals surface area contributed by atoms with E-state index in [0.717, 1.165) is 30.0 Å². The first kappa shape index (κ1) is 30.6. The number of aromatic nitrogens is 2. The molecule has 0 bridgehead atoms. The quantitative estimate of drug-likeness (QED) is 0.136. The van der Waals surface area contributed by atoms with E-state index in [-0.39, 0.29) is 11.8 Å². The normalized spacial score (nSPS) is 15.5. The largest absolute Gasteiger partial charge is 0.328 e. The molecule has 0 aliphatic carbocycles. The Kier molecular flexibility index (Phi) is 12.9. The zero-order valence-electron chi connectivity index (χ0n) is 24.8.